The van der Waals surface area contributed by atoms with Crippen LogP contribution in [0.2, 0.25) is 0 Å². The second-order valence-corrected chi connectivity index (χ2v) is 6.24. The van der Waals surface area contributed by atoms with Crippen LogP contribution in [-0.4, -0.2) is 53.5 Å². The van der Waals surface area contributed by atoms with Crippen LogP contribution in [0.25, 0.3) is 0 Å². The van der Waals surface area contributed by atoms with Gasteiger partial charge in [-0.3, -0.25) is 14.5 Å². The van der Waals surface area contributed by atoms with Gasteiger partial charge in [-0.25, -0.2) is 0 Å². The Bertz CT molecular complexity index is 344. The van der Waals surface area contributed by atoms with Gasteiger partial charge in [-0.2, -0.15) is 0 Å². The third-order valence-electron chi connectivity index (χ3n) is 4.19. The number of ketones is 1. The van der Waals surface area contributed by atoms with Crippen LogP contribution >= 0.6 is 0 Å². The molecular formula is C15H28N2O3. The maximum atomic E-state index is 12.1. The van der Waals surface area contributed by atoms with Crippen LogP contribution in [0.3, 0.4) is 0 Å². The van der Waals surface area contributed by atoms with Crippen molar-refractivity contribution in [2.75, 3.05) is 19.7 Å². The van der Waals surface area contributed by atoms with Gasteiger partial charge in [0.2, 0.25) is 5.91 Å². The zero-order chi connectivity index (χ0) is 15.3. The van der Waals surface area contributed by atoms with Crippen molar-refractivity contribution in [1.29, 1.82) is 0 Å². The second-order valence-electron chi connectivity index (χ2n) is 6.24. The zero-order valence-electron chi connectivity index (χ0n) is 13.1. The van der Waals surface area contributed by atoms with Crippen LogP contribution in [0.4, 0.5) is 0 Å². The molecule has 1 aliphatic rings. The predicted molar refractivity (Wildman–Crippen MR) is 78.3 cm³/mol. The fourth-order valence-electron chi connectivity index (χ4n) is 2.97. The minimum Gasteiger partial charge on any atom is -0.395 e. The molecule has 1 heterocycles. The standard InChI is InChI=1S/C15H28N2O3/c1-10(2)15(12(4)19)16-14(20)8-17-7-5-6-11(3)13(17)9-18/h10-11,13,15,18H,5-9H2,1-4H3,(H,16,20). The van der Waals surface area contributed by atoms with Crippen molar-refractivity contribution in [3.8, 4) is 0 Å². The van der Waals surface area contributed by atoms with Gasteiger partial charge in [-0.05, 0) is 38.1 Å². The lowest BCUT2D eigenvalue weighted by molar-refractivity contribution is -0.129. The van der Waals surface area contributed by atoms with E-state index in [1.807, 2.05) is 18.7 Å². The maximum Gasteiger partial charge on any atom is 0.234 e. The van der Waals surface area contributed by atoms with E-state index in [4.69, 9.17) is 0 Å². The smallest absolute Gasteiger partial charge is 0.234 e. The quantitative estimate of drug-likeness (QED) is 0.757. The van der Waals surface area contributed by atoms with Crippen molar-refractivity contribution in [3.63, 3.8) is 0 Å². The molecule has 0 saturated carbocycles. The Morgan fingerprint density at radius 1 is 1.40 bits per heavy atom. The largest absolute Gasteiger partial charge is 0.395 e. The van der Waals surface area contributed by atoms with Crippen molar-refractivity contribution >= 4 is 11.7 Å². The van der Waals surface area contributed by atoms with Crippen molar-refractivity contribution in [2.24, 2.45) is 11.8 Å². The molecule has 20 heavy (non-hydrogen) atoms. The van der Waals surface area contributed by atoms with E-state index in [2.05, 4.69) is 12.2 Å². The number of amides is 1. The molecule has 1 amide bonds. The van der Waals surface area contributed by atoms with E-state index in [0.717, 1.165) is 19.4 Å². The normalized spacial score (nSPS) is 25.5. The van der Waals surface area contributed by atoms with Gasteiger partial charge >= 0.3 is 0 Å². The summed E-state index contributed by atoms with van der Waals surface area (Å²) in [5, 5.41) is 12.3. The highest BCUT2D eigenvalue weighted by molar-refractivity contribution is 5.88. The van der Waals surface area contributed by atoms with Gasteiger partial charge in [0.1, 0.15) is 0 Å². The van der Waals surface area contributed by atoms with Crippen LogP contribution < -0.4 is 5.32 Å². The van der Waals surface area contributed by atoms with E-state index in [0.29, 0.717) is 5.92 Å². The van der Waals surface area contributed by atoms with E-state index < -0.39 is 6.04 Å². The number of carbonyl (C=O) groups excluding carboxylic acids is 2. The molecule has 0 aromatic carbocycles. The van der Waals surface area contributed by atoms with Gasteiger partial charge in [0.25, 0.3) is 0 Å². The summed E-state index contributed by atoms with van der Waals surface area (Å²) < 4.78 is 0. The van der Waals surface area contributed by atoms with E-state index in [1.54, 1.807) is 0 Å². The molecule has 0 spiro atoms. The summed E-state index contributed by atoms with van der Waals surface area (Å²) in [7, 11) is 0. The second kappa shape index (κ2) is 7.74. The Labute approximate surface area is 121 Å². The number of carbonyl (C=O) groups is 2. The number of aliphatic hydroxyl groups is 1. The first-order valence-corrected chi connectivity index (χ1v) is 7.51. The molecule has 0 aliphatic carbocycles. The highest BCUT2D eigenvalue weighted by Crippen LogP contribution is 2.22. The Morgan fingerprint density at radius 3 is 2.55 bits per heavy atom. The summed E-state index contributed by atoms with van der Waals surface area (Å²) in [6.07, 6.45) is 2.14. The number of hydrogen-bond donors (Lipinski definition) is 2. The lowest BCUT2D eigenvalue weighted by Gasteiger charge is -2.38. The van der Waals surface area contributed by atoms with Crippen LogP contribution in [0.1, 0.15) is 40.5 Å². The molecule has 3 atom stereocenters. The van der Waals surface area contributed by atoms with Gasteiger partial charge in [0.05, 0.1) is 19.2 Å². The Balaban J connectivity index is 2.58. The molecule has 5 heteroatoms. The van der Waals surface area contributed by atoms with Gasteiger partial charge in [0, 0.05) is 6.04 Å². The minimum atomic E-state index is -0.419. The monoisotopic (exact) mass is 284 g/mol. The summed E-state index contributed by atoms with van der Waals surface area (Å²) in [6.45, 7) is 8.62. The molecule has 0 aromatic rings. The predicted octanol–water partition coefficient (Wildman–Crippen LogP) is 0.809. The fourth-order valence-corrected chi connectivity index (χ4v) is 2.97. The van der Waals surface area contributed by atoms with Crippen LogP contribution in [0.15, 0.2) is 0 Å². The van der Waals surface area contributed by atoms with Crippen molar-refractivity contribution in [2.45, 2.75) is 52.6 Å². The van der Waals surface area contributed by atoms with E-state index in [-0.39, 0.29) is 36.8 Å². The van der Waals surface area contributed by atoms with Crippen LogP contribution in [0.5, 0.6) is 0 Å². The summed E-state index contributed by atoms with van der Waals surface area (Å²) in [4.78, 5) is 25.7. The molecule has 5 nitrogen and oxygen atoms in total. The summed E-state index contributed by atoms with van der Waals surface area (Å²) in [5.74, 6) is 0.339. The van der Waals surface area contributed by atoms with Crippen molar-refractivity contribution < 1.29 is 14.7 Å². The number of Topliss-reactive ketones (excluding diaryl/α,β-unsaturated/α-hetero) is 1. The minimum absolute atomic E-state index is 0.0147. The lowest BCUT2D eigenvalue weighted by atomic mass is 9.91. The average molecular weight is 284 g/mol. The molecule has 116 valence electrons. The maximum absolute atomic E-state index is 12.1. The molecule has 1 rings (SSSR count). The van der Waals surface area contributed by atoms with Gasteiger partial charge < -0.3 is 10.4 Å². The summed E-state index contributed by atoms with van der Waals surface area (Å²) in [6, 6.07) is -0.374. The molecular weight excluding hydrogens is 256 g/mol. The molecule has 3 unspecified atom stereocenters. The zero-order valence-corrected chi connectivity index (χ0v) is 13.1. The molecule has 1 saturated heterocycles. The van der Waals surface area contributed by atoms with Crippen LogP contribution in [0, 0.1) is 11.8 Å². The first kappa shape index (κ1) is 17.1. The topological polar surface area (TPSA) is 69.6 Å². The third kappa shape index (κ3) is 4.56. The average Bonchev–Trinajstić information content (AvgIpc) is 2.35. The van der Waals surface area contributed by atoms with Crippen molar-refractivity contribution in [3.05, 3.63) is 0 Å². The molecule has 0 radical (unpaired) electrons. The number of nitrogens with zero attached hydrogens (tertiary/aromatic N) is 1. The van der Waals surface area contributed by atoms with E-state index in [9.17, 15) is 14.7 Å². The number of aliphatic hydroxyl groups excluding tert-OH is 1. The number of piperidine rings is 1. The summed E-state index contributed by atoms with van der Waals surface area (Å²) in [5.41, 5.74) is 0. The number of rotatable bonds is 6. The first-order chi connectivity index (χ1) is 9.36. The Kier molecular flexibility index (Phi) is 6.62. The van der Waals surface area contributed by atoms with E-state index >= 15 is 0 Å². The molecule has 1 aliphatic heterocycles. The molecule has 0 aromatic heterocycles. The van der Waals surface area contributed by atoms with E-state index in [1.165, 1.54) is 6.92 Å². The lowest BCUT2D eigenvalue weighted by Crippen LogP contribution is -2.53. The number of nitrogens with one attached hydrogen (secondary N) is 1. The van der Waals surface area contributed by atoms with Gasteiger partial charge in [-0.1, -0.05) is 20.8 Å². The fraction of sp³-hybridized carbons (Fsp3) is 0.867. The van der Waals surface area contributed by atoms with Gasteiger partial charge in [-0.15, -0.1) is 0 Å². The SMILES string of the molecule is CC(=O)C(NC(=O)CN1CCCC(C)C1CO)C(C)C. The van der Waals surface area contributed by atoms with Crippen molar-refractivity contribution in [1.82, 2.24) is 10.2 Å². The van der Waals surface area contributed by atoms with Crippen LogP contribution in [-0.2, 0) is 9.59 Å². The number of likely N-dealkylation sites (tertiary alicyclic amines) is 1. The molecule has 0 bridgehead atoms. The highest BCUT2D eigenvalue weighted by Gasteiger charge is 2.30. The highest BCUT2D eigenvalue weighted by atomic mass is 16.3. The first-order valence-electron chi connectivity index (χ1n) is 7.51. The Morgan fingerprint density at radius 2 is 2.05 bits per heavy atom. The third-order valence-corrected chi connectivity index (χ3v) is 4.19. The molecule has 1 fully saturated rings. The number of hydrogen-bond acceptors (Lipinski definition) is 4. The molecule has 2 N–H and O–H groups in total. The van der Waals surface area contributed by atoms with Gasteiger partial charge in [0.15, 0.2) is 5.78 Å². The summed E-state index contributed by atoms with van der Waals surface area (Å²) >= 11 is 0. The Hall–Kier alpha value is -0.940.